The highest BCUT2D eigenvalue weighted by atomic mass is 16.3. The van der Waals surface area contributed by atoms with Crippen molar-refractivity contribution in [2.24, 2.45) is 0 Å². The first-order valence-electron chi connectivity index (χ1n) is 18.6. The molecule has 0 amide bonds. The predicted octanol–water partition coefficient (Wildman–Crippen LogP) is 14.0. The number of nitrogens with zero attached hydrogens (tertiary/aromatic N) is 2. The molecular formula is C52H34N2O. The fourth-order valence-corrected chi connectivity index (χ4v) is 7.54. The summed E-state index contributed by atoms with van der Waals surface area (Å²) in [6.07, 6.45) is 0. The van der Waals surface area contributed by atoms with Crippen molar-refractivity contribution in [1.29, 1.82) is 0 Å². The summed E-state index contributed by atoms with van der Waals surface area (Å²) in [5.74, 6) is 0.617. The maximum Gasteiger partial charge on any atom is 0.231 e. The van der Waals surface area contributed by atoms with Gasteiger partial charge in [-0.15, -0.1) is 0 Å². The Morgan fingerprint density at radius 1 is 0.291 bits per heavy atom. The predicted molar refractivity (Wildman–Crippen MR) is 227 cm³/mol. The van der Waals surface area contributed by atoms with E-state index in [0.717, 1.165) is 61.0 Å². The van der Waals surface area contributed by atoms with Crippen LogP contribution in [-0.4, -0.2) is 9.97 Å². The number of benzene rings is 8. The first kappa shape index (κ1) is 32.3. The van der Waals surface area contributed by atoms with Crippen molar-refractivity contribution in [2.45, 2.75) is 0 Å². The molecule has 0 aliphatic heterocycles. The smallest absolute Gasteiger partial charge is 0.231 e. The Balaban J connectivity index is 1.06. The number of para-hydroxylation sites is 1. The highest BCUT2D eigenvalue weighted by Crippen LogP contribution is 2.39. The maximum atomic E-state index is 6.43. The lowest BCUT2D eigenvalue weighted by atomic mass is 9.95. The van der Waals surface area contributed by atoms with Crippen LogP contribution in [0.15, 0.2) is 211 Å². The number of rotatable bonds is 7. The topological polar surface area (TPSA) is 38.9 Å². The van der Waals surface area contributed by atoms with Crippen molar-refractivity contribution < 1.29 is 4.42 Å². The zero-order chi connectivity index (χ0) is 36.6. The van der Waals surface area contributed by atoms with Gasteiger partial charge < -0.3 is 4.42 Å². The molecule has 0 aliphatic carbocycles. The summed E-state index contributed by atoms with van der Waals surface area (Å²) < 4.78 is 6.43. The molecule has 0 spiro atoms. The number of fused-ring (bicyclic) bond motifs is 3. The summed E-state index contributed by atoms with van der Waals surface area (Å²) in [7, 11) is 0. The van der Waals surface area contributed by atoms with E-state index in [1.165, 1.54) is 27.8 Å². The average molecular weight is 703 g/mol. The van der Waals surface area contributed by atoms with Gasteiger partial charge in [-0.2, -0.15) is 4.98 Å². The Bertz CT molecular complexity index is 2980. The minimum atomic E-state index is 0.573. The van der Waals surface area contributed by atoms with E-state index >= 15 is 0 Å². The van der Waals surface area contributed by atoms with Crippen molar-refractivity contribution in [1.82, 2.24) is 9.97 Å². The van der Waals surface area contributed by atoms with Crippen LogP contribution in [-0.2, 0) is 0 Å². The number of hydrogen-bond acceptors (Lipinski definition) is 3. The Morgan fingerprint density at radius 2 is 0.655 bits per heavy atom. The zero-order valence-electron chi connectivity index (χ0n) is 29.9. The zero-order valence-corrected chi connectivity index (χ0v) is 29.9. The van der Waals surface area contributed by atoms with E-state index in [-0.39, 0.29) is 0 Å². The van der Waals surface area contributed by atoms with Gasteiger partial charge in [0, 0.05) is 16.5 Å². The molecule has 0 aliphatic rings. The van der Waals surface area contributed by atoms with Gasteiger partial charge in [0.1, 0.15) is 5.58 Å². The first-order chi connectivity index (χ1) is 27.2. The van der Waals surface area contributed by atoms with Crippen LogP contribution in [0.3, 0.4) is 0 Å². The molecule has 10 rings (SSSR count). The van der Waals surface area contributed by atoms with E-state index in [2.05, 4.69) is 182 Å². The fourth-order valence-electron chi connectivity index (χ4n) is 7.54. The lowest BCUT2D eigenvalue weighted by molar-refractivity contribution is 0.653. The monoisotopic (exact) mass is 702 g/mol. The van der Waals surface area contributed by atoms with Crippen LogP contribution in [0.5, 0.6) is 0 Å². The third-order valence-electron chi connectivity index (χ3n) is 10.3. The van der Waals surface area contributed by atoms with E-state index in [1.54, 1.807) is 0 Å². The van der Waals surface area contributed by atoms with Gasteiger partial charge in [-0.05, 0) is 92.0 Å². The SMILES string of the molecule is c1ccc(-c2cccc(-c3cccc(-c4cccc(-c5nc(-c6cccc(-c7cccc(-c8ccccc8)c7)c6)c6c(n5)oc5ccccc56)c4)c3)c2)cc1. The molecule has 0 saturated carbocycles. The summed E-state index contributed by atoms with van der Waals surface area (Å²) >= 11 is 0. The number of furan rings is 1. The summed E-state index contributed by atoms with van der Waals surface area (Å²) in [6.45, 7) is 0. The van der Waals surface area contributed by atoms with Gasteiger partial charge in [0.2, 0.25) is 5.71 Å². The van der Waals surface area contributed by atoms with Gasteiger partial charge in [0.05, 0.1) is 11.1 Å². The molecule has 0 N–H and O–H groups in total. The average Bonchev–Trinajstić information content (AvgIpc) is 3.66. The summed E-state index contributed by atoms with van der Waals surface area (Å²) in [6, 6.07) is 72.4. The molecule has 2 aromatic heterocycles. The minimum absolute atomic E-state index is 0.573. The molecule has 0 saturated heterocycles. The largest absolute Gasteiger partial charge is 0.438 e. The van der Waals surface area contributed by atoms with Gasteiger partial charge in [-0.25, -0.2) is 4.98 Å². The molecule has 8 aromatic carbocycles. The summed E-state index contributed by atoms with van der Waals surface area (Å²) in [5, 5.41) is 1.91. The maximum absolute atomic E-state index is 6.43. The Hall–Kier alpha value is -7.36. The molecule has 0 unspecified atom stereocenters. The van der Waals surface area contributed by atoms with Crippen LogP contribution in [0.4, 0.5) is 0 Å². The van der Waals surface area contributed by atoms with Crippen LogP contribution in [0.1, 0.15) is 0 Å². The van der Waals surface area contributed by atoms with Gasteiger partial charge in [0.15, 0.2) is 5.82 Å². The van der Waals surface area contributed by atoms with E-state index in [4.69, 9.17) is 14.4 Å². The van der Waals surface area contributed by atoms with Crippen molar-refractivity contribution in [2.75, 3.05) is 0 Å². The van der Waals surface area contributed by atoms with Crippen molar-refractivity contribution in [3.05, 3.63) is 206 Å². The van der Waals surface area contributed by atoms with Crippen molar-refractivity contribution in [3.63, 3.8) is 0 Å². The standard InChI is InChI=1S/C52H34N2O/c1-3-14-35(15-4-1)37-18-9-20-39(30-37)41-22-11-23-42(32-41)44-25-13-27-46(34-44)51-53-50(49-47-28-7-8-29-48(47)55-52(49)54-51)45-26-12-24-43(33-45)40-21-10-19-38(31-40)36-16-5-2-6-17-36/h1-34H. The molecule has 0 bridgehead atoms. The molecule has 3 nitrogen and oxygen atoms in total. The van der Waals surface area contributed by atoms with E-state index in [1.807, 2.05) is 24.3 Å². The highest BCUT2D eigenvalue weighted by molar-refractivity contribution is 6.10. The van der Waals surface area contributed by atoms with E-state index in [0.29, 0.717) is 11.5 Å². The second-order valence-electron chi connectivity index (χ2n) is 13.8. The number of hydrogen-bond donors (Lipinski definition) is 0. The molecule has 0 fully saturated rings. The Morgan fingerprint density at radius 3 is 1.16 bits per heavy atom. The lowest BCUT2D eigenvalue weighted by Crippen LogP contribution is -1.94. The molecule has 258 valence electrons. The number of aromatic nitrogens is 2. The van der Waals surface area contributed by atoms with Gasteiger partial charge in [0.25, 0.3) is 0 Å². The van der Waals surface area contributed by atoms with E-state index < -0.39 is 0 Å². The second kappa shape index (κ2) is 13.9. The van der Waals surface area contributed by atoms with Crippen LogP contribution in [0, 0.1) is 0 Å². The quantitative estimate of drug-likeness (QED) is 0.166. The molecular weight excluding hydrogens is 669 g/mol. The molecule has 3 heteroatoms. The summed E-state index contributed by atoms with van der Waals surface area (Å²) in [4.78, 5) is 10.4. The van der Waals surface area contributed by atoms with Crippen LogP contribution in [0.25, 0.3) is 100 Å². The molecule has 2 heterocycles. The molecule has 10 aromatic rings. The second-order valence-corrected chi connectivity index (χ2v) is 13.8. The lowest BCUT2D eigenvalue weighted by Gasteiger charge is -2.11. The fraction of sp³-hybridized carbons (Fsp3) is 0. The normalized spacial score (nSPS) is 11.3. The van der Waals surface area contributed by atoms with Gasteiger partial charge in [-0.1, -0.05) is 170 Å². The van der Waals surface area contributed by atoms with E-state index in [9.17, 15) is 0 Å². The first-order valence-corrected chi connectivity index (χ1v) is 18.6. The van der Waals surface area contributed by atoms with Gasteiger partial charge in [-0.3, -0.25) is 0 Å². The minimum Gasteiger partial charge on any atom is -0.438 e. The van der Waals surface area contributed by atoms with Crippen molar-refractivity contribution >= 4 is 22.1 Å². The van der Waals surface area contributed by atoms with Crippen LogP contribution in [0.2, 0.25) is 0 Å². The van der Waals surface area contributed by atoms with Gasteiger partial charge >= 0.3 is 0 Å². The highest BCUT2D eigenvalue weighted by Gasteiger charge is 2.19. The molecule has 55 heavy (non-hydrogen) atoms. The van der Waals surface area contributed by atoms with Crippen molar-refractivity contribution in [3.8, 4) is 78.3 Å². The third kappa shape index (κ3) is 6.28. The Kier molecular flexibility index (Phi) is 8.16. The van der Waals surface area contributed by atoms with Crippen LogP contribution < -0.4 is 0 Å². The van der Waals surface area contributed by atoms with Crippen LogP contribution >= 0.6 is 0 Å². The Labute approximate surface area is 319 Å². The summed E-state index contributed by atoms with van der Waals surface area (Å²) in [5.41, 5.74) is 15.7. The molecule has 0 atom stereocenters. The molecule has 0 radical (unpaired) electrons. The third-order valence-corrected chi connectivity index (χ3v) is 10.3.